The maximum atomic E-state index is 12.5. The van der Waals surface area contributed by atoms with Gasteiger partial charge in [0.25, 0.3) is 5.95 Å². The van der Waals surface area contributed by atoms with Gasteiger partial charge in [0, 0.05) is 23.3 Å². The van der Waals surface area contributed by atoms with Crippen molar-refractivity contribution in [3.8, 4) is 0 Å². The van der Waals surface area contributed by atoms with Crippen LogP contribution in [0.1, 0.15) is 47.9 Å². The highest BCUT2D eigenvalue weighted by molar-refractivity contribution is 6.30. The number of carbonyl (C=O) groups is 1. The number of aromatic nitrogens is 4. The van der Waals surface area contributed by atoms with Gasteiger partial charge in [-0.3, -0.25) is 10.1 Å². The minimum atomic E-state index is -0.117. The molecule has 3 aromatic heterocycles. The number of hydrogen-bond donors (Lipinski definition) is 2. The molecule has 162 valence electrons. The average Bonchev–Trinajstić information content (AvgIpc) is 3.70. The number of imidazole rings is 1. The third-order valence-electron chi connectivity index (χ3n) is 6.06. The van der Waals surface area contributed by atoms with E-state index < -0.39 is 0 Å². The molecule has 0 saturated heterocycles. The van der Waals surface area contributed by atoms with Gasteiger partial charge in [0.05, 0.1) is 12.2 Å². The standard InChI is InChI=1S/C23H21ClN6O2/c24-16-3-1-2-14(8-16)18-9-19(18)21(31)27-22-28-23(32-29-22)25-10-17-12-30-11-15(13-4-5-13)6-7-20(30)26-17/h1-3,6-8,11-13,18-19H,4-5,9-10H2,(H2,25,27,28,29,31). The van der Waals surface area contributed by atoms with E-state index in [1.807, 2.05) is 36.5 Å². The van der Waals surface area contributed by atoms with Crippen molar-refractivity contribution in [3.63, 3.8) is 0 Å². The van der Waals surface area contributed by atoms with Gasteiger partial charge >= 0.3 is 6.01 Å². The van der Waals surface area contributed by atoms with Crippen molar-refractivity contribution < 1.29 is 9.32 Å². The predicted octanol–water partition coefficient (Wildman–Crippen LogP) is 4.60. The highest BCUT2D eigenvalue weighted by Gasteiger charge is 2.44. The lowest BCUT2D eigenvalue weighted by Crippen LogP contribution is -2.15. The van der Waals surface area contributed by atoms with Gasteiger partial charge in [-0.05, 0) is 65.6 Å². The van der Waals surface area contributed by atoms with E-state index >= 15 is 0 Å². The molecule has 1 amide bonds. The molecule has 8 nitrogen and oxygen atoms in total. The maximum Gasteiger partial charge on any atom is 0.323 e. The van der Waals surface area contributed by atoms with Crippen LogP contribution in [0.4, 0.5) is 12.0 Å². The minimum absolute atomic E-state index is 0.109. The first-order valence-corrected chi connectivity index (χ1v) is 11.1. The van der Waals surface area contributed by atoms with Crippen LogP contribution >= 0.6 is 11.6 Å². The van der Waals surface area contributed by atoms with Crippen molar-refractivity contribution in [1.82, 2.24) is 19.5 Å². The number of fused-ring (bicyclic) bond motifs is 1. The van der Waals surface area contributed by atoms with Crippen LogP contribution in [0, 0.1) is 5.92 Å². The molecule has 6 rings (SSSR count). The molecule has 2 N–H and O–H groups in total. The summed E-state index contributed by atoms with van der Waals surface area (Å²) in [5.74, 6) is 0.801. The van der Waals surface area contributed by atoms with Gasteiger partial charge in [-0.1, -0.05) is 29.8 Å². The fraction of sp³-hybridized carbons (Fsp3) is 0.304. The Kier molecular flexibility index (Phi) is 4.61. The molecule has 3 heterocycles. The molecule has 0 radical (unpaired) electrons. The first kappa shape index (κ1) is 19.3. The van der Waals surface area contributed by atoms with Crippen LogP contribution in [-0.4, -0.2) is 25.4 Å². The van der Waals surface area contributed by atoms with Crippen LogP contribution in [-0.2, 0) is 11.3 Å². The van der Waals surface area contributed by atoms with E-state index in [2.05, 4.69) is 42.4 Å². The molecule has 9 heteroatoms. The molecule has 2 unspecified atom stereocenters. The van der Waals surface area contributed by atoms with Crippen molar-refractivity contribution in [2.45, 2.75) is 37.6 Å². The van der Waals surface area contributed by atoms with Crippen molar-refractivity contribution in [2.75, 3.05) is 10.6 Å². The van der Waals surface area contributed by atoms with Crippen LogP contribution in [0.3, 0.4) is 0 Å². The zero-order valence-corrected chi connectivity index (χ0v) is 17.9. The molecular formula is C23H21ClN6O2. The van der Waals surface area contributed by atoms with Gasteiger partial charge in [0.1, 0.15) is 5.65 Å². The number of hydrogen-bond acceptors (Lipinski definition) is 6. The number of amides is 1. The van der Waals surface area contributed by atoms with Crippen molar-refractivity contribution in [3.05, 3.63) is 70.6 Å². The van der Waals surface area contributed by atoms with E-state index in [1.165, 1.54) is 18.4 Å². The Labute approximate surface area is 189 Å². The SMILES string of the molecule is O=C(Nc1noc(NCc2cn3cc(C4CC4)ccc3n2)n1)C1CC1c1cccc(Cl)c1. The fourth-order valence-electron chi connectivity index (χ4n) is 4.11. The van der Waals surface area contributed by atoms with Gasteiger partial charge in [-0.2, -0.15) is 4.98 Å². The van der Waals surface area contributed by atoms with Gasteiger partial charge < -0.3 is 14.2 Å². The van der Waals surface area contributed by atoms with Crippen LogP contribution in [0.15, 0.2) is 53.3 Å². The van der Waals surface area contributed by atoms with Crippen molar-refractivity contribution in [1.29, 1.82) is 0 Å². The summed E-state index contributed by atoms with van der Waals surface area (Å²) in [7, 11) is 0. The van der Waals surface area contributed by atoms with E-state index in [4.69, 9.17) is 16.1 Å². The Bertz CT molecular complexity index is 1310. The lowest BCUT2D eigenvalue weighted by atomic mass is 10.1. The molecule has 32 heavy (non-hydrogen) atoms. The van der Waals surface area contributed by atoms with Crippen LogP contribution in [0.5, 0.6) is 0 Å². The normalized spacial score (nSPS) is 19.8. The lowest BCUT2D eigenvalue weighted by molar-refractivity contribution is -0.117. The number of pyridine rings is 1. The van der Waals surface area contributed by atoms with Gasteiger partial charge in [0.2, 0.25) is 5.91 Å². The van der Waals surface area contributed by atoms with E-state index in [9.17, 15) is 4.79 Å². The quantitative estimate of drug-likeness (QED) is 0.428. The van der Waals surface area contributed by atoms with Crippen LogP contribution in [0.25, 0.3) is 5.65 Å². The monoisotopic (exact) mass is 448 g/mol. The summed E-state index contributed by atoms with van der Waals surface area (Å²) in [4.78, 5) is 21.3. The second kappa shape index (κ2) is 7.63. The fourth-order valence-corrected chi connectivity index (χ4v) is 4.31. The highest BCUT2D eigenvalue weighted by atomic mass is 35.5. The van der Waals surface area contributed by atoms with Crippen LogP contribution in [0.2, 0.25) is 5.02 Å². The van der Waals surface area contributed by atoms with Gasteiger partial charge in [-0.15, -0.1) is 0 Å². The van der Waals surface area contributed by atoms with Gasteiger partial charge in [-0.25, -0.2) is 4.98 Å². The Balaban J connectivity index is 1.05. The average molecular weight is 449 g/mol. The Morgan fingerprint density at radius 2 is 2.06 bits per heavy atom. The number of nitrogens with zero attached hydrogens (tertiary/aromatic N) is 4. The Morgan fingerprint density at radius 3 is 2.91 bits per heavy atom. The molecule has 4 aromatic rings. The summed E-state index contributed by atoms with van der Waals surface area (Å²) in [5.41, 5.74) is 4.21. The number of halogens is 1. The lowest BCUT2D eigenvalue weighted by Gasteiger charge is -2.01. The molecule has 0 bridgehead atoms. The Morgan fingerprint density at radius 1 is 1.16 bits per heavy atom. The van der Waals surface area contributed by atoms with E-state index in [1.54, 1.807) is 0 Å². The molecule has 2 aliphatic carbocycles. The van der Waals surface area contributed by atoms with E-state index in [0.29, 0.717) is 17.5 Å². The summed E-state index contributed by atoms with van der Waals surface area (Å²) >= 11 is 6.05. The molecule has 1 aromatic carbocycles. The van der Waals surface area contributed by atoms with Crippen LogP contribution < -0.4 is 10.6 Å². The second-order valence-electron chi connectivity index (χ2n) is 8.50. The number of anilines is 2. The topological polar surface area (TPSA) is 97.3 Å². The highest BCUT2D eigenvalue weighted by Crippen LogP contribution is 2.48. The molecule has 0 spiro atoms. The third kappa shape index (κ3) is 3.93. The van der Waals surface area contributed by atoms with Crippen molar-refractivity contribution >= 4 is 35.1 Å². The molecule has 0 aliphatic heterocycles. The molecule has 2 atom stereocenters. The summed E-state index contributed by atoms with van der Waals surface area (Å²) in [6.07, 6.45) is 7.47. The molecule has 2 aliphatic rings. The number of rotatable bonds is 7. The number of nitrogens with one attached hydrogen (secondary N) is 2. The molecule has 2 saturated carbocycles. The third-order valence-corrected chi connectivity index (χ3v) is 6.29. The Hall–Kier alpha value is -3.39. The van der Waals surface area contributed by atoms with E-state index in [-0.39, 0.29) is 29.7 Å². The number of benzene rings is 1. The summed E-state index contributed by atoms with van der Waals surface area (Å²) in [6.45, 7) is 0.440. The summed E-state index contributed by atoms with van der Waals surface area (Å²) in [5, 5.41) is 10.3. The smallest absolute Gasteiger partial charge is 0.323 e. The summed E-state index contributed by atoms with van der Waals surface area (Å²) in [6, 6.07) is 12.1. The largest absolute Gasteiger partial charge is 0.332 e. The minimum Gasteiger partial charge on any atom is -0.332 e. The second-order valence-corrected chi connectivity index (χ2v) is 8.94. The molecular weight excluding hydrogens is 428 g/mol. The molecule has 2 fully saturated rings. The van der Waals surface area contributed by atoms with E-state index in [0.717, 1.165) is 23.3 Å². The zero-order valence-electron chi connectivity index (χ0n) is 17.2. The van der Waals surface area contributed by atoms with Crippen molar-refractivity contribution in [2.24, 2.45) is 5.92 Å². The maximum absolute atomic E-state index is 12.5. The van der Waals surface area contributed by atoms with Gasteiger partial charge in [0.15, 0.2) is 0 Å². The number of carbonyl (C=O) groups excluding carboxylic acids is 1. The predicted molar refractivity (Wildman–Crippen MR) is 120 cm³/mol. The zero-order chi connectivity index (χ0) is 21.7. The first-order valence-electron chi connectivity index (χ1n) is 10.7. The first-order chi connectivity index (χ1) is 15.6. The summed E-state index contributed by atoms with van der Waals surface area (Å²) < 4.78 is 7.26.